The number of aromatic nitrogens is 3. The summed E-state index contributed by atoms with van der Waals surface area (Å²) in [6, 6.07) is 5.02. The summed E-state index contributed by atoms with van der Waals surface area (Å²) in [7, 11) is 0. The summed E-state index contributed by atoms with van der Waals surface area (Å²) >= 11 is 11.6. The molecule has 94 valence electrons. The van der Waals surface area contributed by atoms with E-state index < -0.39 is 6.04 Å². The van der Waals surface area contributed by atoms with Crippen molar-refractivity contribution in [1.82, 2.24) is 15.0 Å². The molecule has 0 fully saturated rings. The van der Waals surface area contributed by atoms with Gasteiger partial charge in [0.2, 0.25) is 5.28 Å². The fraction of sp³-hybridized carbons (Fsp3) is 0.182. The minimum Gasteiger partial charge on any atom is -0.394 e. The zero-order valence-corrected chi connectivity index (χ0v) is 10.7. The minimum atomic E-state index is -0.408. The maximum atomic E-state index is 9.38. The van der Waals surface area contributed by atoms with Crippen LogP contribution in [0.15, 0.2) is 30.6 Å². The van der Waals surface area contributed by atoms with Crippen LogP contribution in [0.5, 0.6) is 0 Å². The first-order chi connectivity index (χ1) is 8.70. The highest BCUT2D eigenvalue weighted by atomic mass is 35.5. The predicted molar refractivity (Wildman–Crippen MR) is 69.7 cm³/mol. The third-order valence-corrected chi connectivity index (χ3v) is 2.71. The Kier molecular flexibility index (Phi) is 4.30. The Morgan fingerprint density at radius 2 is 2.11 bits per heavy atom. The second kappa shape index (κ2) is 5.95. The van der Waals surface area contributed by atoms with Gasteiger partial charge in [-0.2, -0.15) is 4.98 Å². The van der Waals surface area contributed by atoms with Gasteiger partial charge in [0.1, 0.15) is 10.8 Å². The second-order valence-corrected chi connectivity index (χ2v) is 4.21. The van der Waals surface area contributed by atoms with Crippen LogP contribution in [-0.2, 0) is 0 Å². The zero-order chi connectivity index (χ0) is 13.0. The van der Waals surface area contributed by atoms with E-state index >= 15 is 0 Å². The molecule has 18 heavy (non-hydrogen) atoms. The molecule has 2 aromatic rings. The van der Waals surface area contributed by atoms with E-state index in [0.717, 1.165) is 0 Å². The summed E-state index contributed by atoms with van der Waals surface area (Å²) in [6.45, 7) is -0.144. The molecule has 0 saturated heterocycles. The molecule has 0 aliphatic carbocycles. The minimum absolute atomic E-state index is 0.0830. The summed E-state index contributed by atoms with van der Waals surface area (Å²) in [5.74, 6) is 0.362. The first-order valence-corrected chi connectivity index (χ1v) is 5.92. The van der Waals surface area contributed by atoms with E-state index in [1.165, 1.54) is 6.20 Å². The lowest BCUT2D eigenvalue weighted by atomic mass is 10.2. The van der Waals surface area contributed by atoms with Crippen molar-refractivity contribution < 1.29 is 5.11 Å². The summed E-state index contributed by atoms with van der Waals surface area (Å²) in [5.41, 5.74) is 0.686. The first-order valence-electron chi connectivity index (χ1n) is 5.17. The molecular formula is C11H10Cl2N4O. The zero-order valence-electron chi connectivity index (χ0n) is 9.22. The Morgan fingerprint density at radius 1 is 1.28 bits per heavy atom. The molecular weight excluding hydrogens is 275 g/mol. The molecule has 0 aliphatic heterocycles. The molecule has 0 amide bonds. The lowest BCUT2D eigenvalue weighted by Crippen LogP contribution is -2.17. The van der Waals surface area contributed by atoms with Crippen LogP contribution in [0.4, 0.5) is 5.82 Å². The van der Waals surface area contributed by atoms with E-state index in [-0.39, 0.29) is 11.9 Å². The molecule has 2 rings (SSSR count). The quantitative estimate of drug-likeness (QED) is 0.844. The molecule has 7 heteroatoms. The fourth-order valence-corrected chi connectivity index (χ4v) is 1.69. The molecule has 1 atom stereocenters. The summed E-state index contributed by atoms with van der Waals surface area (Å²) in [6.07, 6.45) is 3.04. The van der Waals surface area contributed by atoms with Crippen molar-refractivity contribution >= 4 is 29.0 Å². The number of hydrogen-bond donors (Lipinski definition) is 2. The van der Waals surface area contributed by atoms with Gasteiger partial charge in [-0.25, -0.2) is 4.98 Å². The Bertz CT molecular complexity index is 524. The van der Waals surface area contributed by atoms with Gasteiger partial charge in [-0.3, -0.25) is 4.98 Å². The number of aliphatic hydroxyl groups is 1. The van der Waals surface area contributed by atoms with E-state index in [0.29, 0.717) is 16.5 Å². The fourth-order valence-electron chi connectivity index (χ4n) is 1.41. The second-order valence-electron chi connectivity index (χ2n) is 3.47. The van der Waals surface area contributed by atoms with E-state index in [2.05, 4.69) is 20.3 Å². The van der Waals surface area contributed by atoms with Gasteiger partial charge >= 0.3 is 0 Å². The normalized spacial score (nSPS) is 12.2. The summed E-state index contributed by atoms with van der Waals surface area (Å²) in [4.78, 5) is 11.9. The Labute approximate surface area is 114 Å². The van der Waals surface area contributed by atoms with Gasteiger partial charge in [-0.1, -0.05) is 17.7 Å². The topological polar surface area (TPSA) is 70.9 Å². The standard InChI is InChI=1S/C11H10Cl2N4O/c12-7-5-15-11(13)17-10(7)16-9(6-18)8-3-1-2-4-14-8/h1-5,9,18H,6H2,(H,15,16,17). The summed E-state index contributed by atoms with van der Waals surface area (Å²) < 4.78 is 0. The number of aliphatic hydroxyl groups excluding tert-OH is 1. The molecule has 2 aromatic heterocycles. The number of hydrogen-bond acceptors (Lipinski definition) is 5. The van der Waals surface area contributed by atoms with Gasteiger partial charge in [0.25, 0.3) is 0 Å². The van der Waals surface area contributed by atoms with Gasteiger partial charge in [-0.15, -0.1) is 0 Å². The van der Waals surface area contributed by atoms with Gasteiger partial charge in [0, 0.05) is 6.20 Å². The van der Waals surface area contributed by atoms with Crippen LogP contribution >= 0.6 is 23.2 Å². The monoisotopic (exact) mass is 284 g/mol. The van der Waals surface area contributed by atoms with Crippen molar-refractivity contribution in [3.8, 4) is 0 Å². The van der Waals surface area contributed by atoms with Gasteiger partial charge in [-0.05, 0) is 23.7 Å². The third kappa shape index (κ3) is 3.07. The molecule has 1 unspecified atom stereocenters. The highest BCUT2D eigenvalue weighted by Gasteiger charge is 2.14. The lowest BCUT2D eigenvalue weighted by molar-refractivity contribution is 0.274. The van der Waals surface area contributed by atoms with Crippen molar-refractivity contribution in [3.63, 3.8) is 0 Å². The number of rotatable bonds is 4. The van der Waals surface area contributed by atoms with E-state index in [4.69, 9.17) is 23.2 Å². The average molecular weight is 285 g/mol. The van der Waals surface area contributed by atoms with Crippen LogP contribution in [0.25, 0.3) is 0 Å². The maximum absolute atomic E-state index is 9.38. The first kappa shape index (κ1) is 13.0. The molecule has 0 aromatic carbocycles. The number of halogens is 2. The molecule has 0 bridgehead atoms. The van der Waals surface area contributed by atoms with E-state index in [9.17, 15) is 5.11 Å². The van der Waals surface area contributed by atoms with Crippen molar-refractivity contribution in [2.75, 3.05) is 11.9 Å². The van der Waals surface area contributed by atoms with Crippen LogP contribution in [0, 0.1) is 0 Å². The number of nitrogens with zero attached hydrogens (tertiary/aromatic N) is 3. The van der Waals surface area contributed by atoms with E-state index in [1.807, 2.05) is 6.07 Å². The smallest absolute Gasteiger partial charge is 0.224 e. The van der Waals surface area contributed by atoms with Crippen LogP contribution in [-0.4, -0.2) is 26.7 Å². The molecule has 0 saturated carbocycles. The van der Waals surface area contributed by atoms with Crippen molar-refractivity contribution in [3.05, 3.63) is 46.6 Å². The van der Waals surface area contributed by atoms with Gasteiger partial charge < -0.3 is 10.4 Å². The number of anilines is 1. The van der Waals surface area contributed by atoms with E-state index in [1.54, 1.807) is 18.3 Å². The van der Waals surface area contributed by atoms with Crippen LogP contribution in [0.1, 0.15) is 11.7 Å². The number of pyridine rings is 1. The van der Waals surface area contributed by atoms with Crippen molar-refractivity contribution in [2.45, 2.75) is 6.04 Å². The average Bonchev–Trinajstić information content (AvgIpc) is 2.41. The highest BCUT2D eigenvalue weighted by Crippen LogP contribution is 2.23. The Balaban J connectivity index is 2.23. The highest BCUT2D eigenvalue weighted by molar-refractivity contribution is 6.33. The Morgan fingerprint density at radius 3 is 2.78 bits per heavy atom. The summed E-state index contributed by atoms with van der Waals surface area (Å²) in [5, 5.41) is 12.8. The van der Waals surface area contributed by atoms with Crippen LogP contribution in [0.2, 0.25) is 10.3 Å². The lowest BCUT2D eigenvalue weighted by Gasteiger charge is -2.16. The SMILES string of the molecule is OCC(Nc1nc(Cl)ncc1Cl)c1ccccn1. The maximum Gasteiger partial charge on any atom is 0.224 e. The van der Waals surface area contributed by atoms with Gasteiger partial charge in [0.15, 0.2) is 0 Å². The molecule has 0 radical (unpaired) electrons. The van der Waals surface area contributed by atoms with Crippen LogP contribution < -0.4 is 5.32 Å². The predicted octanol–water partition coefficient (Wildman–Crippen LogP) is 2.32. The van der Waals surface area contributed by atoms with Crippen LogP contribution in [0.3, 0.4) is 0 Å². The van der Waals surface area contributed by atoms with Crippen molar-refractivity contribution in [2.24, 2.45) is 0 Å². The molecule has 2 heterocycles. The number of nitrogens with one attached hydrogen (secondary N) is 1. The third-order valence-electron chi connectivity index (χ3n) is 2.25. The Hall–Kier alpha value is -1.43. The van der Waals surface area contributed by atoms with Crippen molar-refractivity contribution in [1.29, 1.82) is 0 Å². The molecule has 0 aliphatic rings. The molecule has 2 N–H and O–H groups in total. The molecule has 0 spiro atoms. The molecule has 5 nitrogen and oxygen atoms in total. The largest absolute Gasteiger partial charge is 0.394 e. The van der Waals surface area contributed by atoms with Gasteiger partial charge in [0.05, 0.1) is 24.5 Å².